The van der Waals surface area contributed by atoms with Gasteiger partial charge in [0.05, 0.1) is 0 Å². The van der Waals surface area contributed by atoms with Crippen molar-refractivity contribution in [3.63, 3.8) is 0 Å². The van der Waals surface area contributed by atoms with Crippen molar-refractivity contribution in [2.75, 3.05) is 25.5 Å². The van der Waals surface area contributed by atoms with Crippen LogP contribution in [0.25, 0.3) is 0 Å². The van der Waals surface area contributed by atoms with Crippen LogP contribution in [0.4, 0.5) is 5.82 Å². The molecular weight excluding hydrogens is 262 g/mol. The van der Waals surface area contributed by atoms with Crippen molar-refractivity contribution in [1.82, 2.24) is 19.9 Å². The summed E-state index contributed by atoms with van der Waals surface area (Å²) in [5.74, 6) is 2.39. The average Bonchev–Trinajstić information content (AvgIpc) is 2.96. The van der Waals surface area contributed by atoms with Crippen LogP contribution in [0.3, 0.4) is 0 Å². The van der Waals surface area contributed by atoms with Crippen molar-refractivity contribution in [1.29, 1.82) is 0 Å². The fourth-order valence-electron chi connectivity index (χ4n) is 2.88. The molecule has 0 amide bonds. The van der Waals surface area contributed by atoms with E-state index in [0.29, 0.717) is 5.92 Å². The van der Waals surface area contributed by atoms with Crippen LogP contribution >= 0.6 is 0 Å². The van der Waals surface area contributed by atoms with E-state index in [4.69, 9.17) is 0 Å². The number of nitrogens with zero attached hydrogens (tertiary/aromatic N) is 4. The van der Waals surface area contributed by atoms with E-state index in [1.807, 2.05) is 38.5 Å². The van der Waals surface area contributed by atoms with Gasteiger partial charge in [0.25, 0.3) is 0 Å². The minimum Gasteiger partial charge on any atom is -0.373 e. The van der Waals surface area contributed by atoms with E-state index in [0.717, 1.165) is 43.4 Å². The molecule has 0 radical (unpaired) electrons. The second-order valence-electron chi connectivity index (χ2n) is 5.54. The highest BCUT2D eigenvalue weighted by molar-refractivity contribution is 5.42. The van der Waals surface area contributed by atoms with Gasteiger partial charge in [-0.25, -0.2) is 15.0 Å². The molecule has 5 nitrogen and oxygen atoms in total. The van der Waals surface area contributed by atoms with Crippen molar-refractivity contribution in [3.8, 4) is 0 Å². The SMILES string of the molecule is CNc1ncccc1CN1CC[C@@H](c2nccc(C)n2)C1. The van der Waals surface area contributed by atoms with Gasteiger partial charge in [0.15, 0.2) is 0 Å². The molecule has 0 spiro atoms. The van der Waals surface area contributed by atoms with Gasteiger partial charge in [0, 0.05) is 49.7 Å². The number of likely N-dealkylation sites (tertiary alicyclic amines) is 1. The Balaban J connectivity index is 1.67. The van der Waals surface area contributed by atoms with E-state index in [9.17, 15) is 0 Å². The molecule has 1 saturated heterocycles. The van der Waals surface area contributed by atoms with Crippen LogP contribution in [-0.4, -0.2) is 40.0 Å². The Morgan fingerprint density at radius 2 is 2.19 bits per heavy atom. The average molecular weight is 283 g/mol. The predicted octanol–water partition coefficient (Wildman–Crippen LogP) is 2.21. The molecule has 2 aromatic rings. The fourth-order valence-corrected chi connectivity index (χ4v) is 2.88. The summed E-state index contributed by atoms with van der Waals surface area (Å²) in [6.07, 6.45) is 4.81. The van der Waals surface area contributed by atoms with Gasteiger partial charge >= 0.3 is 0 Å². The summed E-state index contributed by atoms with van der Waals surface area (Å²) in [4.78, 5) is 15.8. The zero-order chi connectivity index (χ0) is 14.7. The predicted molar refractivity (Wildman–Crippen MR) is 83.2 cm³/mol. The van der Waals surface area contributed by atoms with E-state index in [1.165, 1.54) is 5.56 Å². The van der Waals surface area contributed by atoms with Crippen LogP contribution < -0.4 is 5.32 Å². The fraction of sp³-hybridized carbons (Fsp3) is 0.438. The summed E-state index contributed by atoms with van der Waals surface area (Å²) < 4.78 is 0. The lowest BCUT2D eigenvalue weighted by Crippen LogP contribution is -2.21. The first-order valence-corrected chi connectivity index (χ1v) is 7.40. The second-order valence-corrected chi connectivity index (χ2v) is 5.54. The van der Waals surface area contributed by atoms with Crippen molar-refractivity contribution < 1.29 is 0 Å². The van der Waals surface area contributed by atoms with E-state index in [-0.39, 0.29) is 0 Å². The minimum atomic E-state index is 0.444. The van der Waals surface area contributed by atoms with Gasteiger partial charge in [0.2, 0.25) is 0 Å². The molecule has 3 rings (SSSR count). The lowest BCUT2D eigenvalue weighted by Gasteiger charge is -2.17. The summed E-state index contributed by atoms with van der Waals surface area (Å²) in [5.41, 5.74) is 2.29. The molecule has 1 N–H and O–H groups in total. The number of aromatic nitrogens is 3. The van der Waals surface area contributed by atoms with Gasteiger partial charge in [-0.3, -0.25) is 4.90 Å². The Bertz CT molecular complexity index is 613. The molecule has 0 aliphatic carbocycles. The number of hydrogen-bond acceptors (Lipinski definition) is 5. The molecule has 1 aliphatic rings. The molecule has 0 saturated carbocycles. The first kappa shape index (κ1) is 13.9. The molecule has 0 aromatic carbocycles. The second kappa shape index (κ2) is 6.18. The summed E-state index contributed by atoms with van der Waals surface area (Å²) in [6, 6.07) is 6.08. The normalized spacial score (nSPS) is 18.9. The number of hydrogen-bond donors (Lipinski definition) is 1. The van der Waals surface area contributed by atoms with Crippen LogP contribution in [0.1, 0.15) is 29.4 Å². The Kier molecular flexibility index (Phi) is 4.10. The molecule has 0 unspecified atom stereocenters. The molecule has 1 fully saturated rings. The van der Waals surface area contributed by atoms with Crippen LogP contribution in [0.15, 0.2) is 30.6 Å². The summed E-state index contributed by atoms with van der Waals surface area (Å²) in [6.45, 7) is 5.04. The Morgan fingerprint density at radius 3 is 3.00 bits per heavy atom. The van der Waals surface area contributed by atoms with Crippen LogP contribution in [-0.2, 0) is 6.54 Å². The molecule has 0 bridgehead atoms. The lowest BCUT2D eigenvalue weighted by atomic mass is 10.1. The third kappa shape index (κ3) is 3.19. The van der Waals surface area contributed by atoms with Gasteiger partial charge < -0.3 is 5.32 Å². The number of aryl methyl sites for hydroxylation is 1. The van der Waals surface area contributed by atoms with Crippen LogP contribution in [0.2, 0.25) is 0 Å². The molecule has 5 heteroatoms. The zero-order valence-electron chi connectivity index (χ0n) is 12.6. The highest BCUT2D eigenvalue weighted by Gasteiger charge is 2.26. The van der Waals surface area contributed by atoms with Crippen molar-refractivity contribution >= 4 is 5.82 Å². The number of pyridine rings is 1. The maximum absolute atomic E-state index is 4.57. The molecular formula is C16H21N5. The minimum absolute atomic E-state index is 0.444. The topological polar surface area (TPSA) is 53.9 Å². The molecule has 110 valence electrons. The maximum atomic E-state index is 4.57. The van der Waals surface area contributed by atoms with Gasteiger partial charge in [0.1, 0.15) is 11.6 Å². The highest BCUT2D eigenvalue weighted by Crippen LogP contribution is 2.26. The quantitative estimate of drug-likeness (QED) is 0.932. The summed E-state index contributed by atoms with van der Waals surface area (Å²) in [7, 11) is 1.92. The summed E-state index contributed by atoms with van der Waals surface area (Å²) in [5, 5.41) is 3.16. The highest BCUT2D eigenvalue weighted by atomic mass is 15.2. The van der Waals surface area contributed by atoms with E-state index < -0.39 is 0 Å². The Labute approximate surface area is 125 Å². The number of anilines is 1. The van der Waals surface area contributed by atoms with E-state index in [1.54, 1.807) is 0 Å². The van der Waals surface area contributed by atoms with E-state index >= 15 is 0 Å². The number of nitrogens with one attached hydrogen (secondary N) is 1. The van der Waals surface area contributed by atoms with E-state index in [2.05, 4.69) is 31.2 Å². The first-order chi connectivity index (χ1) is 10.3. The van der Waals surface area contributed by atoms with Gasteiger partial charge in [-0.15, -0.1) is 0 Å². The molecule has 3 heterocycles. The third-order valence-corrected chi connectivity index (χ3v) is 3.97. The molecule has 21 heavy (non-hydrogen) atoms. The molecule has 1 aliphatic heterocycles. The van der Waals surface area contributed by atoms with Crippen molar-refractivity contribution in [3.05, 3.63) is 47.7 Å². The van der Waals surface area contributed by atoms with Crippen LogP contribution in [0.5, 0.6) is 0 Å². The Hall–Kier alpha value is -2.01. The summed E-state index contributed by atoms with van der Waals surface area (Å²) >= 11 is 0. The Morgan fingerprint density at radius 1 is 1.29 bits per heavy atom. The van der Waals surface area contributed by atoms with Crippen LogP contribution in [0, 0.1) is 6.92 Å². The standard InChI is InChI=1S/C16H21N5/c1-12-5-8-19-16(20-12)14-6-9-21(11-14)10-13-4-3-7-18-15(13)17-2/h3-5,7-8,14H,6,9-11H2,1-2H3,(H,17,18)/t14-/m1/s1. The largest absolute Gasteiger partial charge is 0.373 e. The monoisotopic (exact) mass is 283 g/mol. The van der Waals surface area contributed by atoms with Gasteiger partial charge in [-0.1, -0.05) is 6.07 Å². The smallest absolute Gasteiger partial charge is 0.132 e. The van der Waals surface area contributed by atoms with Crippen molar-refractivity contribution in [2.45, 2.75) is 25.8 Å². The first-order valence-electron chi connectivity index (χ1n) is 7.40. The molecule has 2 aromatic heterocycles. The molecule has 1 atom stereocenters. The van der Waals surface area contributed by atoms with Gasteiger partial charge in [-0.05, 0) is 32.0 Å². The van der Waals surface area contributed by atoms with Crippen molar-refractivity contribution in [2.24, 2.45) is 0 Å². The lowest BCUT2D eigenvalue weighted by molar-refractivity contribution is 0.326. The number of rotatable bonds is 4. The maximum Gasteiger partial charge on any atom is 0.132 e. The zero-order valence-corrected chi connectivity index (χ0v) is 12.6. The van der Waals surface area contributed by atoms with Gasteiger partial charge in [-0.2, -0.15) is 0 Å². The third-order valence-electron chi connectivity index (χ3n) is 3.97.